The van der Waals surface area contributed by atoms with Gasteiger partial charge in [-0.1, -0.05) is 0 Å². The molecule has 1 aromatic heterocycles. The molecule has 0 aliphatic rings. The third kappa shape index (κ3) is 4.38. The molecule has 0 fully saturated rings. The Morgan fingerprint density at radius 2 is 1.83 bits per heavy atom. The second kappa shape index (κ2) is 8.01. The lowest BCUT2D eigenvalue weighted by Crippen LogP contribution is -2.31. The topological polar surface area (TPSA) is 73.2 Å². The van der Waals surface area contributed by atoms with Crippen molar-refractivity contribution in [1.82, 2.24) is 9.78 Å². The predicted octanol–water partition coefficient (Wildman–Crippen LogP) is 3.37. The van der Waals surface area contributed by atoms with Crippen LogP contribution in [0.1, 0.15) is 37.2 Å². The lowest BCUT2D eigenvalue weighted by atomic mass is 10.2. The number of nitrogens with zero attached hydrogens (tertiary/aromatic N) is 2. The van der Waals surface area contributed by atoms with Crippen LogP contribution in [-0.4, -0.2) is 34.0 Å². The van der Waals surface area contributed by atoms with Gasteiger partial charge in [-0.25, -0.2) is 9.48 Å². The van der Waals surface area contributed by atoms with E-state index in [4.69, 9.17) is 4.74 Å². The Bertz CT molecular complexity index is 710. The largest absolute Gasteiger partial charge is 0.449 e. The molecular weight excluding hydrogens is 326 g/mol. The van der Waals surface area contributed by atoms with Crippen LogP contribution in [0.4, 0.5) is 5.82 Å². The number of anilines is 1. The van der Waals surface area contributed by atoms with Crippen molar-refractivity contribution in [2.45, 2.75) is 37.8 Å². The molecule has 2 rings (SSSR count). The van der Waals surface area contributed by atoms with Crippen LogP contribution in [0.5, 0.6) is 0 Å². The van der Waals surface area contributed by atoms with Crippen molar-refractivity contribution in [2.75, 3.05) is 11.6 Å². The number of nitrogens with one attached hydrogen (secondary N) is 1. The fourth-order valence-electron chi connectivity index (χ4n) is 2.06. The van der Waals surface area contributed by atoms with Gasteiger partial charge < -0.3 is 10.1 Å². The number of amides is 1. The number of thioether (sulfide) groups is 1. The van der Waals surface area contributed by atoms with Gasteiger partial charge in [0.1, 0.15) is 5.82 Å². The standard InChI is InChI=1S/C17H21N3O3S/c1-11(2)20-15(9-10-18-20)19-16(21)12(3)23-17(22)13-5-7-14(24-4)8-6-13/h5-12H,1-4H3,(H,19,21)/t12-/m0/s1. The number of aromatic nitrogens is 2. The highest BCUT2D eigenvalue weighted by molar-refractivity contribution is 7.98. The summed E-state index contributed by atoms with van der Waals surface area (Å²) in [4.78, 5) is 25.4. The molecule has 1 N–H and O–H groups in total. The Kier molecular flexibility index (Phi) is 6.03. The maximum absolute atomic E-state index is 12.2. The van der Waals surface area contributed by atoms with Gasteiger partial charge in [0, 0.05) is 17.0 Å². The average molecular weight is 347 g/mol. The van der Waals surface area contributed by atoms with Crippen LogP contribution in [0, 0.1) is 0 Å². The van der Waals surface area contributed by atoms with Gasteiger partial charge in [-0.2, -0.15) is 5.10 Å². The molecule has 0 spiro atoms. The van der Waals surface area contributed by atoms with Crippen molar-refractivity contribution in [2.24, 2.45) is 0 Å². The second-order valence-electron chi connectivity index (χ2n) is 5.52. The summed E-state index contributed by atoms with van der Waals surface area (Å²) in [6.45, 7) is 5.47. The number of carbonyl (C=O) groups is 2. The Hall–Kier alpha value is -2.28. The molecule has 0 saturated carbocycles. The van der Waals surface area contributed by atoms with E-state index in [1.807, 2.05) is 32.2 Å². The molecule has 1 aromatic carbocycles. The van der Waals surface area contributed by atoms with Gasteiger partial charge in [0.05, 0.1) is 11.8 Å². The van der Waals surface area contributed by atoms with Crippen LogP contribution in [0.2, 0.25) is 0 Å². The molecule has 0 aliphatic heterocycles. The molecule has 0 saturated heterocycles. The monoisotopic (exact) mass is 347 g/mol. The molecule has 1 heterocycles. The summed E-state index contributed by atoms with van der Waals surface area (Å²) in [7, 11) is 0. The number of esters is 1. The van der Waals surface area contributed by atoms with Crippen LogP contribution in [0.15, 0.2) is 41.4 Å². The minimum absolute atomic E-state index is 0.114. The Labute approximate surface area is 145 Å². The lowest BCUT2D eigenvalue weighted by molar-refractivity contribution is -0.123. The first-order valence-corrected chi connectivity index (χ1v) is 8.84. The number of carbonyl (C=O) groups excluding carboxylic acids is 2. The number of hydrogen-bond acceptors (Lipinski definition) is 5. The Morgan fingerprint density at radius 3 is 2.42 bits per heavy atom. The van der Waals surface area contributed by atoms with E-state index in [0.29, 0.717) is 11.4 Å². The third-order valence-electron chi connectivity index (χ3n) is 3.39. The number of ether oxygens (including phenoxy) is 1. The zero-order valence-corrected chi connectivity index (χ0v) is 15.0. The number of hydrogen-bond donors (Lipinski definition) is 1. The van der Waals surface area contributed by atoms with Crippen molar-refractivity contribution >= 4 is 29.5 Å². The van der Waals surface area contributed by atoms with E-state index < -0.39 is 18.0 Å². The zero-order valence-electron chi connectivity index (χ0n) is 14.1. The smallest absolute Gasteiger partial charge is 0.338 e. The Morgan fingerprint density at radius 1 is 1.17 bits per heavy atom. The van der Waals surface area contributed by atoms with Gasteiger partial charge in [-0.05, 0) is 51.3 Å². The van der Waals surface area contributed by atoms with E-state index in [-0.39, 0.29) is 6.04 Å². The SMILES string of the molecule is CSc1ccc(C(=O)O[C@@H](C)C(=O)Nc2ccnn2C(C)C)cc1. The summed E-state index contributed by atoms with van der Waals surface area (Å²) >= 11 is 1.59. The first kappa shape index (κ1) is 18.1. The minimum Gasteiger partial charge on any atom is -0.449 e. The average Bonchev–Trinajstić information content (AvgIpc) is 3.03. The molecular formula is C17H21N3O3S. The summed E-state index contributed by atoms with van der Waals surface area (Å²) in [5.74, 6) is -0.351. The summed E-state index contributed by atoms with van der Waals surface area (Å²) < 4.78 is 6.92. The number of benzene rings is 1. The fraction of sp³-hybridized carbons (Fsp3) is 0.353. The molecule has 0 aliphatic carbocycles. The van der Waals surface area contributed by atoms with Gasteiger partial charge in [0.2, 0.25) is 0 Å². The predicted molar refractivity (Wildman–Crippen MR) is 94.3 cm³/mol. The molecule has 2 aromatic rings. The van der Waals surface area contributed by atoms with Crippen LogP contribution in [0.25, 0.3) is 0 Å². The van der Waals surface area contributed by atoms with Crippen molar-refractivity contribution in [1.29, 1.82) is 0 Å². The van der Waals surface area contributed by atoms with Crippen LogP contribution < -0.4 is 5.32 Å². The summed E-state index contributed by atoms with van der Waals surface area (Å²) in [5.41, 5.74) is 0.416. The summed E-state index contributed by atoms with van der Waals surface area (Å²) in [5, 5.41) is 6.87. The second-order valence-corrected chi connectivity index (χ2v) is 6.40. The highest BCUT2D eigenvalue weighted by Gasteiger charge is 2.20. The first-order chi connectivity index (χ1) is 11.4. The van der Waals surface area contributed by atoms with Gasteiger partial charge in [0.25, 0.3) is 5.91 Å². The zero-order chi connectivity index (χ0) is 17.7. The van der Waals surface area contributed by atoms with E-state index in [9.17, 15) is 9.59 Å². The maximum Gasteiger partial charge on any atom is 0.338 e. The van der Waals surface area contributed by atoms with Gasteiger partial charge >= 0.3 is 5.97 Å². The van der Waals surface area contributed by atoms with E-state index in [2.05, 4.69) is 10.4 Å². The fourth-order valence-corrected chi connectivity index (χ4v) is 2.47. The first-order valence-electron chi connectivity index (χ1n) is 7.61. The molecule has 24 heavy (non-hydrogen) atoms. The van der Waals surface area contributed by atoms with Gasteiger partial charge in [-0.15, -0.1) is 11.8 Å². The lowest BCUT2D eigenvalue weighted by Gasteiger charge is -2.15. The molecule has 0 unspecified atom stereocenters. The van der Waals surface area contributed by atoms with Gasteiger partial charge in [-0.3, -0.25) is 4.79 Å². The van der Waals surface area contributed by atoms with Crippen molar-refractivity contribution in [3.63, 3.8) is 0 Å². The van der Waals surface area contributed by atoms with Crippen LogP contribution in [0.3, 0.4) is 0 Å². The van der Waals surface area contributed by atoms with Crippen molar-refractivity contribution in [3.8, 4) is 0 Å². The molecule has 0 radical (unpaired) electrons. The van der Waals surface area contributed by atoms with E-state index >= 15 is 0 Å². The summed E-state index contributed by atoms with van der Waals surface area (Å²) in [6.07, 6.45) is 2.66. The molecule has 1 atom stereocenters. The van der Waals surface area contributed by atoms with Gasteiger partial charge in [0.15, 0.2) is 6.10 Å². The normalized spacial score (nSPS) is 12.0. The molecule has 1 amide bonds. The quantitative estimate of drug-likeness (QED) is 0.641. The maximum atomic E-state index is 12.2. The minimum atomic E-state index is -0.909. The molecule has 0 bridgehead atoms. The van der Waals surface area contributed by atoms with Crippen LogP contribution in [-0.2, 0) is 9.53 Å². The highest BCUT2D eigenvalue weighted by atomic mass is 32.2. The molecule has 7 heteroatoms. The van der Waals surface area contributed by atoms with Crippen LogP contribution >= 0.6 is 11.8 Å². The Balaban J connectivity index is 1.97. The van der Waals surface area contributed by atoms with Crippen molar-refractivity contribution in [3.05, 3.63) is 42.1 Å². The van der Waals surface area contributed by atoms with Crippen molar-refractivity contribution < 1.29 is 14.3 Å². The van der Waals surface area contributed by atoms with E-state index in [1.54, 1.807) is 47.8 Å². The highest BCUT2D eigenvalue weighted by Crippen LogP contribution is 2.16. The molecule has 6 nitrogen and oxygen atoms in total. The van der Waals surface area contributed by atoms with E-state index in [0.717, 1.165) is 4.90 Å². The number of rotatable bonds is 6. The third-order valence-corrected chi connectivity index (χ3v) is 4.13. The molecule has 128 valence electrons. The summed E-state index contributed by atoms with van der Waals surface area (Å²) in [6, 6.07) is 8.87. The van der Waals surface area contributed by atoms with E-state index in [1.165, 1.54) is 0 Å².